The molecule has 0 aliphatic heterocycles. The molecule has 1 saturated carbocycles. The van der Waals surface area contributed by atoms with Gasteiger partial charge in [0.1, 0.15) is 0 Å². The predicted molar refractivity (Wildman–Crippen MR) is 72.4 cm³/mol. The van der Waals surface area contributed by atoms with E-state index in [0.717, 1.165) is 17.8 Å². The first-order valence-electron chi connectivity index (χ1n) is 7.46. The van der Waals surface area contributed by atoms with Gasteiger partial charge in [-0.15, -0.1) is 0 Å². The highest BCUT2D eigenvalue weighted by atomic mass is 14.7. The van der Waals surface area contributed by atoms with E-state index in [1.807, 2.05) is 0 Å². The van der Waals surface area contributed by atoms with Crippen LogP contribution in [-0.2, 0) is 0 Å². The molecule has 1 aliphatic carbocycles. The molecule has 16 heavy (non-hydrogen) atoms. The summed E-state index contributed by atoms with van der Waals surface area (Å²) in [5.41, 5.74) is 6.39. The van der Waals surface area contributed by atoms with E-state index < -0.39 is 0 Å². The molecule has 0 radical (unpaired) electrons. The summed E-state index contributed by atoms with van der Waals surface area (Å²) in [6.45, 7) is 6.93. The van der Waals surface area contributed by atoms with E-state index in [-0.39, 0.29) is 0 Å². The summed E-state index contributed by atoms with van der Waals surface area (Å²) in [6.07, 6.45) is 10.9. The number of hydrogen-bond donors (Lipinski definition) is 1. The minimum atomic E-state index is 0.475. The molecule has 0 bridgehead atoms. The second-order valence-electron chi connectivity index (χ2n) is 5.77. The van der Waals surface area contributed by atoms with E-state index in [1.165, 1.54) is 51.4 Å². The Bertz CT molecular complexity index is 166. The zero-order chi connectivity index (χ0) is 12.0. The van der Waals surface area contributed by atoms with Crippen LogP contribution in [0.5, 0.6) is 0 Å². The molecule has 0 saturated heterocycles. The zero-order valence-electron chi connectivity index (χ0n) is 11.5. The van der Waals surface area contributed by atoms with Crippen LogP contribution in [0.3, 0.4) is 0 Å². The van der Waals surface area contributed by atoms with Crippen LogP contribution in [0.25, 0.3) is 0 Å². The zero-order valence-corrected chi connectivity index (χ0v) is 11.5. The third-order valence-electron chi connectivity index (χ3n) is 4.83. The van der Waals surface area contributed by atoms with Crippen molar-refractivity contribution >= 4 is 0 Å². The monoisotopic (exact) mass is 225 g/mol. The molecule has 0 aromatic rings. The Labute approximate surface area is 102 Å². The maximum atomic E-state index is 6.39. The topological polar surface area (TPSA) is 26.0 Å². The van der Waals surface area contributed by atoms with Gasteiger partial charge < -0.3 is 5.73 Å². The fourth-order valence-corrected chi connectivity index (χ4v) is 3.22. The Balaban J connectivity index is 2.29. The van der Waals surface area contributed by atoms with E-state index in [9.17, 15) is 0 Å². The molecular weight excluding hydrogens is 194 g/mol. The summed E-state index contributed by atoms with van der Waals surface area (Å²) in [7, 11) is 0. The first-order chi connectivity index (χ1) is 7.71. The molecule has 1 unspecified atom stereocenters. The third kappa shape index (κ3) is 4.08. The number of nitrogens with two attached hydrogens (primary N) is 1. The van der Waals surface area contributed by atoms with Gasteiger partial charge in [0.15, 0.2) is 0 Å². The molecule has 1 heteroatoms. The first-order valence-corrected chi connectivity index (χ1v) is 7.46. The fraction of sp³-hybridized carbons (Fsp3) is 1.00. The van der Waals surface area contributed by atoms with Crippen LogP contribution in [0.15, 0.2) is 0 Å². The van der Waals surface area contributed by atoms with Gasteiger partial charge in [-0.2, -0.15) is 0 Å². The van der Waals surface area contributed by atoms with Crippen molar-refractivity contribution in [1.82, 2.24) is 0 Å². The number of rotatable bonds is 6. The van der Waals surface area contributed by atoms with E-state index >= 15 is 0 Å². The van der Waals surface area contributed by atoms with Gasteiger partial charge in [0.2, 0.25) is 0 Å². The van der Waals surface area contributed by atoms with Crippen molar-refractivity contribution in [2.45, 2.75) is 78.2 Å². The molecule has 0 aromatic heterocycles. The summed E-state index contributed by atoms with van der Waals surface area (Å²) in [5, 5.41) is 0. The molecule has 0 amide bonds. The van der Waals surface area contributed by atoms with Crippen molar-refractivity contribution in [1.29, 1.82) is 0 Å². The van der Waals surface area contributed by atoms with Crippen molar-refractivity contribution < 1.29 is 0 Å². The molecule has 1 aliphatic rings. The van der Waals surface area contributed by atoms with Crippen molar-refractivity contribution in [3.63, 3.8) is 0 Å². The highest BCUT2D eigenvalue weighted by molar-refractivity contribution is 4.80. The second kappa shape index (κ2) is 7.32. The fourth-order valence-electron chi connectivity index (χ4n) is 3.22. The summed E-state index contributed by atoms with van der Waals surface area (Å²) in [4.78, 5) is 0. The first kappa shape index (κ1) is 14.0. The lowest BCUT2D eigenvalue weighted by Gasteiger charge is -2.33. The Kier molecular flexibility index (Phi) is 6.41. The molecular formula is C15H31N. The van der Waals surface area contributed by atoms with Crippen LogP contribution in [0.2, 0.25) is 0 Å². The molecule has 0 aromatic carbocycles. The summed E-state index contributed by atoms with van der Waals surface area (Å²) in [5.74, 6) is 2.68. The van der Waals surface area contributed by atoms with Gasteiger partial charge in [-0.1, -0.05) is 52.9 Å². The summed E-state index contributed by atoms with van der Waals surface area (Å²) in [6, 6.07) is 0.475. The maximum absolute atomic E-state index is 6.39. The third-order valence-corrected chi connectivity index (χ3v) is 4.83. The van der Waals surface area contributed by atoms with Crippen LogP contribution < -0.4 is 5.73 Å². The molecule has 1 atom stereocenters. The van der Waals surface area contributed by atoms with E-state index in [2.05, 4.69) is 20.8 Å². The van der Waals surface area contributed by atoms with Crippen molar-refractivity contribution in [3.8, 4) is 0 Å². The van der Waals surface area contributed by atoms with Crippen LogP contribution in [0.4, 0.5) is 0 Å². The molecule has 2 N–H and O–H groups in total. The van der Waals surface area contributed by atoms with Crippen molar-refractivity contribution in [3.05, 3.63) is 0 Å². The molecule has 0 heterocycles. The van der Waals surface area contributed by atoms with E-state index in [1.54, 1.807) is 0 Å². The van der Waals surface area contributed by atoms with Crippen molar-refractivity contribution in [2.24, 2.45) is 23.5 Å². The SMILES string of the molecule is CCC1CCC(C(N)CC(CC)CC)CC1. The van der Waals surface area contributed by atoms with Gasteiger partial charge in [-0.3, -0.25) is 0 Å². The van der Waals surface area contributed by atoms with Gasteiger partial charge >= 0.3 is 0 Å². The smallest absolute Gasteiger partial charge is 0.00697 e. The molecule has 1 fully saturated rings. The average Bonchev–Trinajstić information content (AvgIpc) is 2.35. The Hall–Kier alpha value is -0.0400. The standard InChI is InChI=1S/C15H31N/c1-4-12(5-2)11-15(16)14-9-7-13(6-3)8-10-14/h12-15H,4-11,16H2,1-3H3. The lowest BCUT2D eigenvalue weighted by molar-refractivity contribution is 0.217. The number of hydrogen-bond acceptors (Lipinski definition) is 1. The lowest BCUT2D eigenvalue weighted by atomic mass is 9.75. The van der Waals surface area contributed by atoms with Crippen LogP contribution in [0, 0.1) is 17.8 Å². The van der Waals surface area contributed by atoms with Gasteiger partial charge in [-0.25, -0.2) is 0 Å². The van der Waals surface area contributed by atoms with Gasteiger partial charge in [0.25, 0.3) is 0 Å². The van der Waals surface area contributed by atoms with Gasteiger partial charge in [-0.05, 0) is 37.0 Å². The predicted octanol–water partition coefficient (Wildman–Crippen LogP) is 4.36. The minimum absolute atomic E-state index is 0.475. The second-order valence-corrected chi connectivity index (χ2v) is 5.77. The van der Waals surface area contributed by atoms with E-state index in [0.29, 0.717) is 6.04 Å². The molecule has 1 nitrogen and oxygen atoms in total. The average molecular weight is 225 g/mol. The normalized spacial score (nSPS) is 28.3. The Morgan fingerprint density at radius 1 is 1.00 bits per heavy atom. The molecule has 1 rings (SSSR count). The maximum Gasteiger partial charge on any atom is 0.00697 e. The van der Waals surface area contributed by atoms with Crippen LogP contribution >= 0.6 is 0 Å². The summed E-state index contributed by atoms with van der Waals surface area (Å²) >= 11 is 0. The minimum Gasteiger partial charge on any atom is -0.327 e. The summed E-state index contributed by atoms with van der Waals surface area (Å²) < 4.78 is 0. The van der Waals surface area contributed by atoms with Crippen LogP contribution in [0.1, 0.15) is 72.1 Å². The highest BCUT2D eigenvalue weighted by Crippen LogP contribution is 2.33. The molecule has 96 valence electrons. The van der Waals surface area contributed by atoms with Crippen LogP contribution in [-0.4, -0.2) is 6.04 Å². The van der Waals surface area contributed by atoms with E-state index in [4.69, 9.17) is 5.73 Å². The Morgan fingerprint density at radius 2 is 1.56 bits per heavy atom. The largest absolute Gasteiger partial charge is 0.327 e. The lowest BCUT2D eigenvalue weighted by Crippen LogP contribution is -2.34. The molecule has 0 spiro atoms. The van der Waals surface area contributed by atoms with Gasteiger partial charge in [0.05, 0.1) is 0 Å². The highest BCUT2D eigenvalue weighted by Gasteiger charge is 2.25. The quantitative estimate of drug-likeness (QED) is 0.714. The van der Waals surface area contributed by atoms with Crippen molar-refractivity contribution in [2.75, 3.05) is 0 Å². The Morgan fingerprint density at radius 3 is 2.00 bits per heavy atom. The van der Waals surface area contributed by atoms with Gasteiger partial charge in [0, 0.05) is 6.04 Å².